The molecule has 0 saturated heterocycles. The minimum atomic E-state index is -1.08. The van der Waals surface area contributed by atoms with Crippen LogP contribution in [0.2, 0.25) is 0 Å². The van der Waals surface area contributed by atoms with E-state index in [2.05, 4.69) is 0 Å². The number of Topliss-reactive ketones (excluding diaryl/α,β-unsaturated/α-hetero) is 1. The number of ketones is 1. The number of carbonyl (C=O) groups is 2. The molecule has 2 N–H and O–H groups in total. The molecule has 2 rings (SSSR count). The van der Waals surface area contributed by atoms with Gasteiger partial charge in [-0.3, -0.25) is 9.59 Å². The minimum absolute atomic E-state index is 0.0564. The second kappa shape index (κ2) is 5.56. The van der Waals surface area contributed by atoms with Gasteiger partial charge in [-0.05, 0) is 24.3 Å². The number of hydrogen-bond donors (Lipinski definition) is 1. The Morgan fingerprint density at radius 3 is 2.50 bits per heavy atom. The van der Waals surface area contributed by atoms with Crippen molar-refractivity contribution in [2.75, 3.05) is 0 Å². The molecule has 0 saturated carbocycles. The molecular formula is C14H11F2N2O2+. The third kappa shape index (κ3) is 3.03. The number of nitrogens with zero attached hydrogens (tertiary/aromatic N) is 1. The van der Waals surface area contributed by atoms with E-state index < -0.39 is 23.3 Å². The Hall–Kier alpha value is -2.63. The molecule has 20 heavy (non-hydrogen) atoms. The predicted molar refractivity (Wildman–Crippen MR) is 65.8 cm³/mol. The Balaban J connectivity index is 2.21. The van der Waals surface area contributed by atoms with Gasteiger partial charge in [0.05, 0.1) is 0 Å². The largest absolute Gasteiger partial charge is 0.365 e. The normalized spacial score (nSPS) is 10.3. The number of pyridine rings is 1. The Bertz CT molecular complexity index is 687. The lowest BCUT2D eigenvalue weighted by molar-refractivity contribution is -0.683. The molecule has 6 heteroatoms. The summed E-state index contributed by atoms with van der Waals surface area (Å²) < 4.78 is 27.3. The van der Waals surface area contributed by atoms with Gasteiger partial charge in [0.25, 0.3) is 5.91 Å². The standard InChI is InChI=1S/C14H10F2N2O2/c15-11-4-3-9(6-12(11)16)13(19)8-18-5-1-2-10(7-18)14(17)20/h1-7H,8H2,(H-,17,20)/p+1. The van der Waals surface area contributed by atoms with Crippen molar-refractivity contribution in [1.82, 2.24) is 0 Å². The van der Waals surface area contributed by atoms with Gasteiger partial charge in [0, 0.05) is 11.6 Å². The molecule has 0 radical (unpaired) electrons. The first-order chi connectivity index (χ1) is 9.47. The van der Waals surface area contributed by atoms with E-state index in [0.29, 0.717) is 0 Å². The van der Waals surface area contributed by atoms with Crippen molar-refractivity contribution < 1.29 is 22.9 Å². The van der Waals surface area contributed by atoms with Crippen LogP contribution < -0.4 is 10.3 Å². The van der Waals surface area contributed by atoms with Gasteiger partial charge >= 0.3 is 0 Å². The number of nitrogens with two attached hydrogens (primary N) is 1. The predicted octanol–water partition coefficient (Wildman–Crippen LogP) is 1.23. The Kier molecular flexibility index (Phi) is 3.84. The maximum Gasteiger partial charge on any atom is 0.254 e. The van der Waals surface area contributed by atoms with Crippen LogP contribution in [0.4, 0.5) is 8.78 Å². The number of rotatable bonds is 4. The van der Waals surface area contributed by atoms with Crippen molar-refractivity contribution in [3.05, 3.63) is 65.5 Å². The molecular weight excluding hydrogens is 266 g/mol. The summed E-state index contributed by atoms with van der Waals surface area (Å²) >= 11 is 0. The van der Waals surface area contributed by atoms with E-state index in [1.54, 1.807) is 12.3 Å². The minimum Gasteiger partial charge on any atom is -0.365 e. The number of benzene rings is 1. The Morgan fingerprint density at radius 2 is 1.85 bits per heavy atom. The molecule has 0 aliphatic carbocycles. The first-order valence-electron chi connectivity index (χ1n) is 5.74. The van der Waals surface area contributed by atoms with Crippen molar-refractivity contribution >= 4 is 11.7 Å². The summed E-state index contributed by atoms with van der Waals surface area (Å²) in [5.74, 6) is -3.10. The molecule has 0 unspecified atom stereocenters. The van der Waals surface area contributed by atoms with E-state index in [0.717, 1.165) is 12.1 Å². The summed E-state index contributed by atoms with van der Waals surface area (Å²) in [6.45, 7) is -0.105. The molecule has 2 aromatic rings. The van der Waals surface area contributed by atoms with E-state index in [4.69, 9.17) is 5.73 Å². The van der Waals surface area contributed by atoms with Gasteiger partial charge in [-0.15, -0.1) is 0 Å². The summed E-state index contributed by atoms with van der Waals surface area (Å²) in [5.41, 5.74) is 5.44. The maximum absolute atomic E-state index is 13.1. The molecule has 0 bridgehead atoms. The Labute approximate surface area is 113 Å². The summed E-state index contributed by atoms with van der Waals surface area (Å²) in [6.07, 6.45) is 2.99. The van der Waals surface area contributed by atoms with Crippen molar-refractivity contribution in [1.29, 1.82) is 0 Å². The van der Waals surface area contributed by atoms with E-state index in [9.17, 15) is 18.4 Å². The molecule has 0 aliphatic heterocycles. The van der Waals surface area contributed by atoms with Gasteiger partial charge in [-0.25, -0.2) is 8.78 Å². The summed E-state index contributed by atoms with van der Waals surface area (Å²) in [5, 5.41) is 0. The highest BCUT2D eigenvalue weighted by atomic mass is 19.2. The first kappa shape index (κ1) is 13.8. The fraction of sp³-hybridized carbons (Fsp3) is 0.0714. The summed E-state index contributed by atoms with van der Waals surface area (Å²) in [4.78, 5) is 23.0. The molecule has 1 heterocycles. The van der Waals surface area contributed by atoms with E-state index in [1.165, 1.54) is 22.9 Å². The highest BCUT2D eigenvalue weighted by Crippen LogP contribution is 2.09. The number of amides is 1. The molecule has 0 fully saturated rings. The van der Waals surface area contributed by atoms with Crippen LogP contribution in [-0.4, -0.2) is 11.7 Å². The topological polar surface area (TPSA) is 64.0 Å². The fourth-order valence-electron chi connectivity index (χ4n) is 1.69. The van der Waals surface area contributed by atoms with Crippen molar-refractivity contribution in [2.45, 2.75) is 6.54 Å². The number of hydrogen-bond acceptors (Lipinski definition) is 2. The van der Waals surface area contributed by atoms with E-state index in [1.807, 2.05) is 0 Å². The van der Waals surface area contributed by atoms with E-state index in [-0.39, 0.29) is 17.7 Å². The third-order valence-corrected chi connectivity index (χ3v) is 2.71. The first-order valence-corrected chi connectivity index (χ1v) is 5.74. The van der Waals surface area contributed by atoms with Crippen LogP contribution in [-0.2, 0) is 6.54 Å². The van der Waals surface area contributed by atoms with Crippen LogP contribution in [0.1, 0.15) is 20.7 Å². The van der Waals surface area contributed by atoms with Gasteiger partial charge in [-0.2, -0.15) is 4.57 Å². The average Bonchev–Trinajstić information content (AvgIpc) is 2.42. The van der Waals surface area contributed by atoms with Gasteiger partial charge in [0.2, 0.25) is 12.3 Å². The monoisotopic (exact) mass is 277 g/mol. The highest BCUT2D eigenvalue weighted by Gasteiger charge is 2.15. The number of aromatic nitrogens is 1. The summed E-state index contributed by atoms with van der Waals surface area (Å²) in [6, 6.07) is 6.03. The van der Waals surface area contributed by atoms with Gasteiger partial charge in [-0.1, -0.05) is 0 Å². The molecule has 4 nitrogen and oxygen atoms in total. The lowest BCUT2D eigenvalue weighted by Gasteiger charge is -2.00. The van der Waals surface area contributed by atoms with Crippen LogP contribution in [0.5, 0.6) is 0 Å². The van der Waals surface area contributed by atoms with Crippen LogP contribution >= 0.6 is 0 Å². The van der Waals surface area contributed by atoms with Crippen LogP contribution in [0.25, 0.3) is 0 Å². The average molecular weight is 277 g/mol. The van der Waals surface area contributed by atoms with Gasteiger partial charge in [0.1, 0.15) is 5.56 Å². The molecule has 102 valence electrons. The van der Waals surface area contributed by atoms with E-state index >= 15 is 0 Å². The molecule has 1 aromatic heterocycles. The number of primary amides is 1. The lowest BCUT2D eigenvalue weighted by atomic mass is 10.1. The zero-order valence-electron chi connectivity index (χ0n) is 10.3. The summed E-state index contributed by atoms with van der Waals surface area (Å²) in [7, 11) is 0. The molecule has 1 aromatic carbocycles. The Morgan fingerprint density at radius 1 is 1.10 bits per heavy atom. The lowest BCUT2D eigenvalue weighted by Crippen LogP contribution is -2.38. The quantitative estimate of drug-likeness (QED) is 0.675. The zero-order valence-corrected chi connectivity index (χ0v) is 10.3. The number of halogens is 2. The second-order valence-corrected chi connectivity index (χ2v) is 4.18. The smallest absolute Gasteiger partial charge is 0.254 e. The second-order valence-electron chi connectivity index (χ2n) is 4.18. The molecule has 1 amide bonds. The zero-order chi connectivity index (χ0) is 14.7. The molecule has 0 spiro atoms. The van der Waals surface area contributed by atoms with Crippen LogP contribution in [0.15, 0.2) is 42.7 Å². The SMILES string of the molecule is NC(=O)c1ccc[n+](CC(=O)c2ccc(F)c(F)c2)c1. The third-order valence-electron chi connectivity index (χ3n) is 2.71. The van der Waals surface area contributed by atoms with Crippen LogP contribution in [0, 0.1) is 11.6 Å². The fourth-order valence-corrected chi connectivity index (χ4v) is 1.69. The van der Waals surface area contributed by atoms with Gasteiger partial charge in [0.15, 0.2) is 24.0 Å². The maximum atomic E-state index is 13.1. The van der Waals surface area contributed by atoms with Gasteiger partial charge < -0.3 is 5.73 Å². The van der Waals surface area contributed by atoms with Crippen LogP contribution in [0.3, 0.4) is 0 Å². The van der Waals surface area contributed by atoms with Crippen molar-refractivity contribution in [3.63, 3.8) is 0 Å². The van der Waals surface area contributed by atoms with Crippen molar-refractivity contribution in [3.8, 4) is 0 Å². The van der Waals surface area contributed by atoms with Crippen molar-refractivity contribution in [2.24, 2.45) is 5.73 Å². The molecule has 0 aliphatic rings. The highest BCUT2D eigenvalue weighted by molar-refractivity contribution is 5.95. The number of carbonyl (C=O) groups excluding carboxylic acids is 2. The molecule has 0 atom stereocenters.